The van der Waals surface area contributed by atoms with Gasteiger partial charge in [-0.1, -0.05) is 18.2 Å². The molecule has 0 aliphatic heterocycles. The van der Waals surface area contributed by atoms with Gasteiger partial charge in [-0.15, -0.1) is 0 Å². The number of ether oxygens (including phenoxy) is 1. The van der Waals surface area contributed by atoms with E-state index in [2.05, 4.69) is 15.3 Å². The number of H-pyrrole nitrogens is 1. The van der Waals surface area contributed by atoms with E-state index >= 15 is 0 Å². The third kappa shape index (κ3) is 4.38. The summed E-state index contributed by atoms with van der Waals surface area (Å²) in [7, 11) is 0. The Labute approximate surface area is 155 Å². The van der Waals surface area contributed by atoms with E-state index in [-0.39, 0.29) is 11.5 Å². The predicted octanol–water partition coefficient (Wildman–Crippen LogP) is 2.90. The monoisotopic (exact) mass is 367 g/mol. The third-order valence-corrected chi connectivity index (χ3v) is 4.08. The van der Waals surface area contributed by atoms with Crippen molar-refractivity contribution in [2.24, 2.45) is 0 Å². The molecule has 3 aromatic rings. The second-order valence-corrected chi connectivity index (χ2v) is 5.88. The van der Waals surface area contributed by atoms with Crippen LogP contribution < -0.4 is 15.6 Å². The van der Waals surface area contributed by atoms with Gasteiger partial charge in [-0.3, -0.25) is 14.6 Å². The summed E-state index contributed by atoms with van der Waals surface area (Å²) < 4.78 is 17.2. The van der Waals surface area contributed by atoms with Crippen LogP contribution in [0.1, 0.15) is 33.2 Å². The van der Waals surface area contributed by atoms with Crippen LogP contribution in [-0.2, 0) is 0 Å². The number of aryl methyl sites for hydroxylation is 1. The Kier molecular flexibility index (Phi) is 5.61. The fourth-order valence-corrected chi connectivity index (χ4v) is 2.70. The molecule has 0 aliphatic rings. The van der Waals surface area contributed by atoms with Crippen molar-refractivity contribution in [1.82, 2.24) is 15.3 Å². The van der Waals surface area contributed by atoms with Gasteiger partial charge in [-0.2, -0.15) is 0 Å². The standard InChI is InChI=1S/C20H18FN3O3/c1-13-3-2-10-22-18(13)19(14-4-7-16(8-5-14)27-12-21)24-20(26)15-6-9-17(25)23-11-15/h2-11,19H,12H2,1H3,(H,23,25)(H,24,26)/t19-/m0/s1. The first-order valence-corrected chi connectivity index (χ1v) is 8.28. The molecule has 2 heterocycles. The van der Waals surface area contributed by atoms with Gasteiger partial charge in [-0.25, -0.2) is 4.39 Å². The molecule has 1 amide bonds. The number of hydrogen-bond donors (Lipinski definition) is 2. The first-order chi connectivity index (χ1) is 13.1. The van der Waals surface area contributed by atoms with Crippen molar-refractivity contribution in [3.8, 4) is 5.75 Å². The van der Waals surface area contributed by atoms with Gasteiger partial charge in [0.1, 0.15) is 5.75 Å². The van der Waals surface area contributed by atoms with Gasteiger partial charge >= 0.3 is 0 Å². The highest BCUT2D eigenvalue weighted by Crippen LogP contribution is 2.25. The molecule has 0 aliphatic carbocycles. The molecule has 2 aromatic heterocycles. The van der Waals surface area contributed by atoms with Crippen LogP contribution in [0.3, 0.4) is 0 Å². The van der Waals surface area contributed by atoms with E-state index in [0.717, 1.165) is 11.1 Å². The van der Waals surface area contributed by atoms with Gasteiger partial charge in [0, 0.05) is 18.5 Å². The summed E-state index contributed by atoms with van der Waals surface area (Å²) in [5.74, 6) is 0.0371. The summed E-state index contributed by atoms with van der Waals surface area (Å²) in [4.78, 5) is 30.8. The average molecular weight is 367 g/mol. The SMILES string of the molecule is Cc1cccnc1[C@@H](NC(=O)c1ccc(=O)[nH]c1)c1ccc(OCF)cc1. The van der Waals surface area contributed by atoms with Gasteiger partial charge in [-0.05, 0) is 42.3 Å². The molecule has 0 saturated heterocycles. The number of alkyl halides is 1. The zero-order valence-electron chi connectivity index (χ0n) is 14.6. The maximum atomic E-state index is 12.7. The summed E-state index contributed by atoms with van der Waals surface area (Å²) >= 11 is 0. The lowest BCUT2D eigenvalue weighted by Crippen LogP contribution is -2.30. The second-order valence-electron chi connectivity index (χ2n) is 5.88. The molecule has 0 fully saturated rings. The largest absolute Gasteiger partial charge is 0.463 e. The first kappa shape index (κ1) is 18.3. The molecule has 0 unspecified atom stereocenters. The smallest absolute Gasteiger partial charge is 0.253 e. The van der Waals surface area contributed by atoms with Crippen LogP contribution in [0.4, 0.5) is 4.39 Å². The van der Waals surface area contributed by atoms with Crippen molar-refractivity contribution in [1.29, 1.82) is 0 Å². The van der Waals surface area contributed by atoms with Crippen molar-refractivity contribution >= 4 is 5.91 Å². The van der Waals surface area contributed by atoms with Crippen LogP contribution in [0.5, 0.6) is 5.75 Å². The Morgan fingerprint density at radius 3 is 2.63 bits per heavy atom. The Morgan fingerprint density at radius 1 is 1.22 bits per heavy atom. The van der Waals surface area contributed by atoms with E-state index in [1.807, 2.05) is 19.1 Å². The Balaban J connectivity index is 1.95. The quantitative estimate of drug-likeness (QED) is 0.702. The molecule has 6 nitrogen and oxygen atoms in total. The number of hydrogen-bond acceptors (Lipinski definition) is 4. The van der Waals surface area contributed by atoms with E-state index in [1.165, 1.54) is 18.3 Å². The van der Waals surface area contributed by atoms with Crippen LogP contribution in [0.15, 0.2) is 65.7 Å². The third-order valence-electron chi connectivity index (χ3n) is 4.08. The minimum atomic E-state index is -0.912. The van der Waals surface area contributed by atoms with Gasteiger partial charge in [0.25, 0.3) is 5.91 Å². The summed E-state index contributed by atoms with van der Waals surface area (Å²) in [6.07, 6.45) is 3.01. The molecule has 0 bridgehead atoms. The number of carbonyl (C=O) groups is 1. The van der Waals surface area contributed by atoms with E-state index in [1.54, 1.807) is 30.5 Å². The Hall–Kier alpha value is -3.48. The van der Waals surface area contributed by atoms with Crippen LogP contribution in [-0.4, -0.2) is 22.7 Å². The van der Waals surface area contributed by atoms with Crippen LogP contribution in [0.25, 0.3) is 0 Å². The molecule has 1 atom stereocenters. The highest BCUT2D eigenvalue weighted by Gasteiger charge is 2.21. The van der Waals surface area contributed by atoms with Gasteiger partial charge in [0.15, 0.2) is 0 Å². The maximum absolute atomic E-state index is 12.7. The molecule has 0 spiro atoms. The lowest BCUT2D eigenvalue weighted by Gasteiger charge is -2.21. The predicted molar refractivity (Wildman–Crippen MR) is 98.4 cm³/mol. The van der Waals surface area contributed by atoms with Crippen molar-refractivity contribution in [2.75, 3.05) is 6.86 Å². The molecule has 138 valence electrons. The number of carbonyl (C=O) groups excluding carboxylic acids is 1. The molecule has 0 saturated carbocycles. The number of nitrogens with zero attached hydrogens (tertiary/aromatic N) is 1. The lowest BCUT2D eigenvalue weighted by molar-refractivity contribution is 0.0942. The molecule has 2 N–H and O–H groups in total. The highest BCUT2D eigenvalue weighted by atomic mass is 19.1. The average Bonchev–Trinajstić information content (AvgIpc) is 2.68. The lowest BCUT2D eigenvalue weighted by atomic mass is 9.99. The van der Waals surface area contributed by atoms with Crippen molar-refractivity contribution in [3.05, 3.63) is 93.7 Å². The summed E-state index contributed by atoms with van der Waals surface area (Å²) in [5, 5.41) is 2.94. The van der Waals surface area contributed by atoms with Crippen molar-refractivity contribution in [3.63, 3.8) is 0 Å². The number of amides is 1. The second kappa shape index (κ2) is 8.27. The normalized spacial score (nSPS) is 11.6. The number of aromatic nitrogens is 2. The summed E-state index contributed by atoms with van der Waals surface area (Å²) in [5.41, 5.74) is 2.40. The van der Waals surface area contributed by atoms with E-state index in [0.29, 0.717) is 17.0 Å². The molecular weight excluding hydrogens is 349 g/mol. The van der Waals surface area contributed by atoms with Crippen molar-refractivity contribution < 1.29 is 13.9 Å². The first-order valence-electron chi connectivity index (χ1n) is 8.28. The highest BCUT2D eigenvalue weighted by molar-refractivity contribution is 5.94. The van der Waals surface area contributed by atoms with E-state index in [4.69, 9.17) is 4.74 Å². The van der Waals surface area contributed by atoms with Crippen LogP contribution in [0.2, 0.25) is 0 Å². The molecular formula is C20H18FN3O3. The fraction of sp³-hybridized carbons (Fsp3) is 0.150. The molecule has 3 rings (SSSR count). The fourth-order valence-electron chi connectivity index (χ4n) is 2.70. The zero-order chi connectivity index (χ0) is 19.2. The number of pyridine rings is 2. The number of rotatable bonds is 6. The maximum Gasteiger partial charge on any atom is 0.253 e. The Morgan fingerprint density at radius 2 is 2.00 bits per heavy atom. The van der Waals surface area contributed by atoms with Gasteiger partial charge in [0.05, 0.1) is 17.3 Å². The number of halogens is 1. The number of benzene rings is 1. The topological polar surface area (TPSA) is 84.1 Å². The van der Waals surface area contributed by atoms with Gasteiger partial charge in [0.2, 0.25) is 12.4 Å². The van der Waals surface area contributed by atoms with Crippen LogP contribution in [0, 0.1) is 6.92 Å². The minimum Gasteiger partial charge on any atom is -0.463 e. The molecule has 1 aromatic carbocycles. The van der Waals surface area contributed by atoms with E-state index in [9.17, 15) is 14.0 Å². The number of nitrogens with one attached hydrogen (secondary N) is 2. The summed E-state index contributed by atoms with van der Waals surface area (Å²) in [6, 6.07) is 12.7. The summed E-state index contributed by atoms with van der Waals surface area (Å²) in [6.45, 7) is 0.993. The van der Waals surface area contributed by atoms with Gasteiger partial charge < -0.3 is 15.0 Å². The number of aromatic amines is 1. The molecule has 7 heteroatoms. The van der Waals surface area contributed by atoms with Crippen LogP contribution >= 0.6 is 0 Å². The zero-order valence-corrected chi connectivity index (χ0v) is 14.6. The minimum absolute atomic E-state index is 0.285. The molecule has 0 radical (unpaired) electrons. The van der Waals surface area contributed by atoms with Crippen molar-refractivity contribution in [2.45, 2.75) is 13.0 Å². The van der Waals surface area contributed by atoms with E-state index < -0.39 is 12.9 Å². The Bertz CT molecular complexity index is 966. The molecule has 27 heavy (non-hydrogen) atoms.